The SMILES string of the molecule is Cc1cccc(N2CCN(Cc3cccc(OCc4ccccc4)c3)CC2)c1C.O=C(O)C(=O)O. The van der Waals surface area contributed by atoms with E-state index in [2.05, 4.69) is 72.2 Å². The summed E-state index contributed by atoms with van der Waals surface area (Å²) in [6.07, 6.45) is 0. The maximum Gasteiger partial charge on any atom is 0.414 e. The van der Waals surface area contributed by atoms with Crippen molar-refractivity contribution >= 4 is 17.6 Å². The minimum atomic E-state index is -1.82. The van der Waals surface area contributed by atoms with Crippen LogP contribution in [0.4, 0.5) is 5.69 Å². The highest BCUT2D eigenvalue weighted by molar-refractivity contribution is 6.27. The number of carbonyl (C=O) groups is 2. The van der Waals surface area contributed by atoms with Crippen LogP contribution in [0.2, 0.25) is 0 Å². The zero-order valence-corrected chi connectivity index (χ0v) is 20.2. The van der Waals surface area contributed by atoms with Crippen molar-refractivity contribution in [2.45, 2.75) is 27.0 Å². The minimum absolute atomic E-state index is 0.610. The molecule has 0 spiro atoms. The van der Waals surface area contributed by atoms with E-state index in [0.29, 0.717) is 6.61 Å². The molecule has 184 valence electrons. The smallest absolute Gasteiger partial charge is 0.414 e. The van der Waals surface area contributed by atoms with Crippen LogP contribution < -0.4 is 9.64 Å². The number of anilines is 1. The Morgan fingerprint density at radius 2 is 1.43 bits per heavy atom. The average molecular weight is 477 g/mol. The summed E-state index contributed by atoms with van der Waals surface area (Å²) in [5.74, 6) is -2.70. The molecular weight excluding hydrogens is 444 g/mol. The van der Waals surface area contributed by atoms with E-state index < -0.39 is 11.9 Å². The first kappa shape index (κ1) is 25.8. The number of aliphatic carboxylic acids is 2. The summed E-state index contributed by atoms with van der Waals surface area (Å²) in [6, 6.07) is 25.5. The Hall–Kier alpha value is -3.84. The number of benzene rings is 3. The maximum atomic E-state index is 9.10. The fourth-order valence-corrected chi connectivity index (χ4v) is 3.96. The van der Waals surface area contributed by atoms with Crippen LogP contribution in [0, 0.1) is 13.8 Å². The lowest BCUT2D eigenvalue weighted by atomic mass is 10.1. The number of carboxylic acids is 2. The molecule has 3 aromatic rings. The van der Waals surface area contributed by atoms with Gasteiger partial charge in [0.15, 0.2) is 0 Å². The van der Waals surface area contributed by atoms with Crippen LogP contribution in [-0.4, -0.2) is 53.2 Å². The predicted octanol–water partition coefficient (Wildman–Crippen LogP) is 4.36. The van der Waals surface area contributed by atoms with Crippen molar-refractivity contribution in [2.24, 2.45) is 0 Å². The quantitative estimate of drug-likeness (QED) is 0.511. The van der Waals surface area contributed by atoms with E-state index in [-0.39, 0.29) is 0 Å². The van der Waals surface area contributed by atoms with Gasteiger partial charge >= 0.3 is 11.9 Å². The van der Waals surface area contributed by atoms with Gasteiger partial charge in [0.05, 0.1) is 0 Å². The molecule has 1 aliphatic rings. The van der Waals surface area contributed by atoms with E-state index in [0.717, 1.165) is 38.5 Å². The van der Waals surface area contributed by atoms with Crippen molar-refractivity contribution in [3.8, 4) is 5.75 Å². The number of piperazine rings is 1. The molecule has 3 aromatic carbocycles. The highest BCUT2D eigenvalue weighted by atomic mass is 16.5. The van der Waals surface area contributed by atoms with Crippen LogP contribution in [0.5, 0.6) is 5.75 Å². The van der Waals surface area contributed by atoms with Gasteiger partial charge in [0.1, 0.15) is 12.4 Å². The van der Waals surface area contributed by atoms with Gasteiger partial charge in [0.25, 0.3) is 0 Å². The van der Waals surface area contributed by atoms with Gasteiger partial charge in [-0.25, -0.2) is 9.59 Å². The molecule has 7 heteroatoms. The average Bonchev–Trinajstić information content (AvgIpc) is 2.86. The lowest BCUT2D eigenvalue weighted by Crippen LogP contribution is -2.46. The van der Waals surface area contributed by atoms with Crippen molar-refractivity contribution in [2.75, 3.05) is 31.1 Å². The third kappa shape index (κ3) is 7.86. The van der Waals surface area contributed by atoms with Crippen molar-refractivity contribution < 1.29 is 24.5 Å². The first-order valence-corrected chi connectivity index (χ1v) is 11.6. The molecular formula is C28H32N2O5. The van der Waals surface area contributed by atoms with Gasteiger partial charge in [0, 0.05) is 38.4 Å². The molecule has 0 amide bonds. The maximum absolute atomic E-state index is 9.10. The molecule has 1 aliphatic heterocycles. The third-order valence-electron chi connectivity index (χ3n) is 6.02. The number of carboxylic acid groups (broad SMARTS) is 2. The van der Waals surface area contributed by atoms with E-state index >= 15 is 0 Å². The number of hydrogen-bond donors (Lipinski definition) is 2. The van der Waals surface area contributed by atoms with Crippen LogP contribution in [0.1, 0.15) is 22.3 Å². The van der Waals surface area contributed by atoms with Crippen molar-refractivity contribution in [1.82, 2.24) is 4.90 Å². The zero-order chi connectivity index (χ0) is 25.2. The van der Waals surface area contributed by atoms with E-state index in [9.17, 15) is 0 Å². The van der Waals surface area contributed by atoms with Gasteiger partial charge in [-0.1, -0.05) is 54.6 Å². The van der Waals surface area contributed by atoms with Crippen LogP contribution in [0.3, 0.4) is 0 Å². The monoisotopic (exact) mass is 476 g/mol. The largest absolute Gasteiger partial charge is 0.489 e. The van der Waals surface area contributed by atoms with Gasteiger partial charge in [-0.2, -0.15) is 0 Å². The van der Waals surface area contributed by atoms with Gasteiger partial charge in [-0.15, -0.1) is 0 Å². The fraction of sp³-hybridized carbons (Fsp3) is 0.286. The molecule has 0 aromatic heterocycles. The Labute approximate surface area is 206 Å². The summed E-state index contributed by atoms with van der Waals surface area (Å²) >= 11 is 0. The third-order valence-corrected chi connectivity index (χ3v) is 6.02. The Morgan fingerprint density at radius 1 is 0.800 bits per heavy atom. The second kappa shape index (κ2) is 12.6. The number of aryl methyl sites for hydroxylation is 1. The molecule has 7 nitrogen and oxygen atoms in total. The highest BCUT2D eigenvalue weighted by Gasteiger charge is 2.19. The molecule has 0 atom stereocenters. The number of hydrogen-bond acceptors (Lipinski definition) is 5. The molecule has 0 saturated carbocycles. The van der Waals surface area contributed by atoms with Crippen LogP contribution in [-0.2, 0) is 22.7 Å². The summed E-state index contributed by atoms with van der Waals surface area (Å²) in [4.78, 5) is 23.3. The predicted molar refractivity (Wildman–Crippen MR) is 136 cm³/mol. The summed E-state index contributed by atoms with van der Waals surface area (Å²) in [6.45, 7) is 10.3. The lowest BCUT2D eigenvalue weighted by Gasteiger charge is -2.37. The van der Waals surface area contributed by atoms with Gasteiger partial charge in [-0.05, 0) is 54.3 Å². The van der Waals surface area contributed by atoms with Crippen LogP contribution in [0.15, 0.2) is 72.8 Å². The fourth-order valence-electron chi connectivity index (χ4n) is 3.96. The Balaban J connectivity index is 0.000000509. The molecule has 35 heavy (non-hydrogen) atoms. The van der Waals surface area contributed by atoms with E-state index in [1.807, 2.05) is 24.3 Å². The van der Waals surface area contributed by atoms with Crippen molar-refractivity contribution in [3.05, 3.63) is 95.1 Å². The molecule has 4 rings (SSSR count). The first-order valence-electron chi connectivity index (χ1n) is 11.6. The van der Waals surface area contributed by atoms with Gasteiger partial charge in [-0.3, -0.25) is 4.90 Å². The second-order valence-corrected chi connectivity index (χ2v) is 8.51. The second-order valence-electron chi connectivity index (χ2n) is 8.51. The Bertz CT molecular complexity index is 1110. The standard InChI is InChI=1S/C26H30N2O.C2H2O4/c1-21-8-6-13-26(22(21)2)28-16-14-27(15-17-28)19-24-11-7-12-25(18-24)29-20-23-9-4-3-5-10-23;3-1(4)2(5)6/h3-13,18H,14-17,19-20H2,1-2H3;(H,3,4)(H,5,6). The van der Waals surface area contributed by atoms with E-state index in [1.54, 1.807) is 0 Å². The molecule has 0 radical (unpaired) electrons. The van der Waals surface area contributed by atoms with Gasteiger partial charge < -0.3 is 19.8 Å². The van der Waals surface area contributed by atoms with E-state index in [1.165, 1.54) is 27.9 Å². The number of rotatable bonds is 6. The highest BCUT2D eigenvalue weighted by Crippen LogP contribution is 2.24. The Kier molecular flexibility index (Phi) is 9.26. The Morgan fingerprint density at radius 3 is 2.09 bits per heavy atom. The zero-order valence-electron chi connectivity index (χ0n) is 20.2. The molecule has 0 unspecified atom stereocenters. The summed E-state index contributed by atoms with van der Waals surface area (Å²) in [7, 11) is 0. The van der Waals surface area contributed by atoms with Gasteiger partial charge in [0.2, 0.25) is 0 Å². The molecule has 1 heterocycles. The molecule has 1 saturated heterocycles. The van der Waals surface area contributed by atoms with E-state index in [4.69, 9.17) is 24.5 Å². The van der Waals surface area contributed by atoms with Crippen LogP contribution >= 0.6 is 0 Å². The molecule has 1 fully saturated rings. The normalized spacial score (nSPS) is 13.5. The molecule has 0 aliphatic carbocycles. The van der Waals surface area contributed by atoms with Crippen LogP contribution in [0.25, 0.3) is 0 Å². The summed E-state index contributed by atoms with van der Waals surface area (Å²) in [5.41, 5.74) is 6.68. The summed E-state index contributed by atoms with van der Waals surface area (Å²) < 4.78 is 5.99. The molecule has 0 bridgehead atoms. The number of ether oxygens (including phenoxy) is 1. The topological polar surface area (TPSA) is 90.3 Å². The number of nitrogens with zero attached hydrogens (tertiary/aromatic N) is 2. The molecule has 2 N–H and O–H groups in total. The minimum Gasteiger partial charge on any atom is -0.489 e. The van der Waals surface area contributed by atoms with Crippen molar-refractivity contribution in [1.29, 1.82) is 0 Å². The first-order chi connectivity index (χ1) is 16.8. The lowest BCUT2D eigenvalue weighted by molar-refractivity contribution is -0.159. The van der Waals surface area contributed by atoms with Crippen molar-refractivity contribution in [3.63, 3.8) is 0 Å². The summed E-state index contributed by atoms with van der Waals surface area (Å²) in [5, 5.41) is 14.8.